The number of sulfonamides is 1. The van der Waals surface area contributed by atoms with E-state index in [2.05, 4.69) is 10.3 Å². The maximum atomic E-state index is 13.0. The van der Waals surface area contributed by atoms with Gasteiger partial charge in [0, 0.05) is 24.8 Å². The summed E-state index contributed by atoms with van der Waals surface area (Å²) in [6.45, 7) is 3.21. The van der Waals surface area contributed by atoms with Crippen molar-refractivity contribution in [1.29, 1.82) is 0 Å². The number of nitrogens with one attached hydrogen (secondary N) is 1. The lowest BCUT2D eigenvalue weighted by atomic mass is 10.1. The van der Waals surface area contributed by atoms with Gasteiger partial charge in [-0.3, -0.25) is 4.79 Å². The number of amides is 1. The van der Waals surface area contributed by atoms with Gasteiger partial charge < -0.3 is 10.1 Å². The molecule has 1 aromatic carbocycles. The summed E-state index contributed by atoms with van der Waals surface area (Å²) in [5, 5.41) is 3.10. The van der Waals surface area contributed by atoms with Crippen LogP contribution in [0.25, 0.3) is 0 Å². The summed E-state index contributed by atoms with van der Waals surface area (Å²) >= 11 is 5.79. The zero-order chi connectivity index (χ0) is 19.4. The van der Waals surface area contributed by atoms with Crippen LogP contribution in [0.4, 0.5) is 5.82 Å². The molecule has 3 rings (SSSR count). The maximum Gasteiger partial charge on any atom is 0.256 e. The van der Waals surface area contributed by atoms with Crippen LogP contribution in [0.1, 0.15) is 22.8 Å². The Hall–Kier alpha value is -2.00. The molecule has 1 saturated heterocycles. The van der Waals surface area contributed by atoms with Gasteiger partial charge in [0.1, 0.15) is 5.82 Å². The number of hydrogen-bond acceptors (Lipinski definition) is 5. The molecular weight excluding hydrogens is 390 g/mol. The van der Waals surface area contributed by atoms with E-state index in [-0.39, 0.29) is 10.5 Å². The molecule has 1 aliphatic heterocycles. The van der Waals surface area contributed by atoms with Gasteiger partial charge in [0.15, 0.2) is 0 Å². The number of nitrogens with zero attached hydrogens (tertiary/aromatic N) is 2. The lowest BCUT2D eigenvalue weighted by Crippen LogP contribution is -2.41. The van der Waals surface area contributed by atoms with Crippen molar-refractivity contribution in [2.75, 3.05) is 31.6 Å². The van der Waals surface area contributed by atoms with Gasteiger partial charge in [0.05, 0.1) is 23.1 Å². The molecule has 0 atom stereocenters. The van der Waals surface area contributed by atoms with Crippen LogP contribution in [0, 0.1) is 0 Å². The number of benzene rings is 1. The number of pyridine rings is 1. The molecule has 1 N–H and O–H groups in total. The third-order valence-corrected chi connectivity index (χ3v) is 6.47. The van der Waals surface area contributed by atoms with Gasteiger partial charge >= 0.3 is 0 Å². The zero-order valence-corrected chi connectivity index (χ0v) is 16.4. The van der Waals surface area contributed by atoms with Crippen molar-refractivity contribution in [1.82, 2.24) is 9.29 Å². The van der Waals surface area contributed by atoms with E-state index in [9.17, 15) is 13.2 Å². The number of ether oxygens (including phenoxy) is 1. The summed E-state index contributed by atoms with van der Waals surface area (Å²) in [5.74, 6) is -0.104. The van der Waals surface area contributed by atoms with Crippen LogP contribution in [-0.4, -0.2) is 49.9 Å². The normalized spacial score (nSPS) is 15.5. The highest BCUT2D eigenvalue weighted by Gasteiger charge is 2.29. The molecule has 0 radical (unpaired) electrons. The number of anilines is 1. The van der Waals surface area contributed by atoms with Crippen LogP contribution in [-0.2, 0) is 21.2 Å². The SMILES string of the molecule is CCc1ccc(C(=O)Nc2ccc(Cl)cn2)cc1S(=O)(=O)N1CCOCC1. The highest BCUT2D eigenvalue weighted by Crippen LogP contribution is 2.24. The number of halogens is 1. The Morgan fingerprint density at radius 1 is 1.26 bits per heavy atom. The van der Waals surface area contributed by atoms with Gasteiger partial charge in [-0.15, -0.1) is 0 Å². The molecule has 1 amide bonds. The molecule has 9 heteroatoms. The molecule has 2 heterocycles. The molecule has 0 spiro atoms. The van der Waals surface area contributed by atoms with Crippen LogP contribution in [0.15, 0.2) is 41.4 Å². The van der Waals surface area contributed by atoms with E-state index in [1.807, 2.05) is 6.92 Å². The largest absolute Gasteiger partial charge is 0.379 e. The number of rotatable bonds is 5. The van der Waals surface area contributed by atoms with Gasteiger partial charge in [-0.1, -0.05) is 24.6 Å². The average Bonchev–Trinajstić information content (AvgIpc) is 2.69. The first-order chi connectivity index (χ1) is 12.9. The summed E-state index contributed by atoms with van der Waals surface area (Å²) in [6.07, 6.45) is 1.96. The van der Waals surface area contributed by atoms with Gasteiger partial charge in [-0.2, -0.15) is 4.31 Å². The van der Waals surface area contributed by atoms with Gasteiger partial charge in [0.25, 0.3) is 5.91 Å². The Morgan fingerprint density at radius 2 is 2.00 bits per heavy atom. The molecule has 27 heavy (non-hydrogen) atoms. The quantitative estimate of drug-likeness (QED) is 0.819. The fourth-order valence-corrected chi connectivity index (χ4v) is 4.63. The van der Waals surface area contributed by atoms with E-state index >= 15 is 0 Å². The maximum absolute atomic E-state index is 13.0. The van der Waals surface area contributed by atoms with Crippen LogP contribution in [0.3, 0.4) is 0 Å². The lowest BCUT2D eigenvalue weighted by Gasteiger charge is -2.27. The molecule has 1 aromatic heterocycles. The molecule has 2 aromatic rings. The highest BCUT2D eigenvalue weighted by molar-refractivity contribution is 7.89. The number of hydrogen-bond donors (Lipinski definition) is 1. The van der Waals surface area contributed by atoms with Crippen molar-refractivity contribution in [3.05, 3.63) is 52.7 Å². The lowest BCUT2D eigenvalue weighted by molar-refractivity contribution is 0.0730. The second-order valence-corrected chi connectivity index (χ2v) is 8.35. The minimum Gasteiger partial charge on any atom is -0.379 e. The number of aromatic nitrogens is 1. The standard InChI is InChI=1S/C18H20ClN3O4S/c1-2-13-3-4-14(18(23)21-17-6-5-15(19)12-20-17)11-16(13)27(24,25)22-7-9-26-10-8-22/h3-6,11-12H,2,7-10H2,1H3,(H,20,21,23). The summed E-state index contributed by atoms with van der Waals surface area (Å²) in [7, 11) is -3.70. The number of carbonyl (C=O) groups excluding carboxylic acids is 1. The first kappa shape index (κ1) is 19.8. The van der Waals surface area contributed by atoms with E-state index in [0.29, 0.717) is 49.1 Å². The van der Waals surface area contributed by atoms with Gasteiger partial charge in [-0.05, 0) is 36.2 Å². The van der Waals surface area contributed by atoms with Crippen molar-refractivity contribution in [2.24, 2.45) is 0 Å². The van der Waals surface area contributed by atoms with Crippen LogP contribution >= 0.6 is 11.6 Å². The third kappa shape index (κ3) is 4.47. The zero-order valence-electron chi connectivity index (χ0n) is 14.8. The highest BCUT2D eigenvalue weighted by atomic mass is 35.5. The third-order valence-electron chi connectivity index (χ3n) is 4.27. The van der Waals surface area contributed by atoms with Crippen molar-refractivity contribution in [2.45, 2.75) is 18.2 Å². The first-order valence-electron chi connectivity index (χ1n) is 8.55. The number of aryl methyl sites for hydroxylation is 1. The monoisotopic (exact) mass is 409 g/mol. The Morgan fingerprint density at radius 3 is 2.63 bits per heavy atom. The van der Waals surface area contributed by atoms with Crippen molar-refractivity contribution < 1.29 is 17.9 Å². The van der Waals surface area contributed by atoms with Gasteiger partial charge in [-0.25, -0.2) is 13.4 Å². The second-order valence-electron chi connectivity index (χ2n) is 6.01. The Balaban J connectivity index is 1.90. The van der Waals surface area contributed by atoms with E-state index in [1.165, 1.54) is 16.6 Å². The smallest absolute Gasteiger partial charge is 0.256 e. The van der Waals surface area contributed by atoms with Crippen LogP contribution in [0.2, 0.25) is 5.02 Å². The first-order valence-corrected chi connectivity index (χ1v) is 10.4. The average molecular weight is 410 g/mol. The molecule has 1 aliphatic rings. The fraction of sp³-hybridized carbons (Fsp3) is 0.333. The number of carbonyl (C=O) groups is 1. The van der Waals surface area contributed by atoms with Crippen molar-refractivity contribution in [3.8, 4) is 0 Å². The van der Waals surface area contributed by atoms with Crippen LogP contribution in [0.5, 0.6) is 0 Å². The molecule has 0 aliphatic carbocycles. The van der Waals surface area contributed by atoms with Crippen LogP contribution < -0.4 is 5.32 Å². The predicted octanol–water partition coefficient (Wildman–Crippen LogP) is 2.57. The topological polar surface area (TPSA) is 88.6 Å². The molecule has 7 nitrogen and oxygen atoms in total. The van der Waals surface area contributed by atoms with E-state index in [4.69, 9.17) is 16.3 Å². The predicted molar refractivity (Wildman–Crippen MR) is 103 cm³/mol. The summed E-state index contributed by atoms with van der Waals surface area (Å²) in [5.41, 5.74) is 0.915. The molecule has 0 saturated carbocycles. The Labute approximate surface area is 163 Å². The summed E-state index contributed by atoms with van der Waals surface area (Å²) in [6, 6.07) is 7.90. The minimum atomic E-state index is -3.70. The molecular formula is C18H20ClN3O4S. The Bertz CT molecular complexity index is 926. The van der Waals surface area contributed by atoms with E-state index in [1.54, 1.807) is 24.3 Å². The molecule has 0 unspecified atom stereocenters. The van der Waals surface area contributed by atoms with Crippen molar-refractivity contribution >= 4 is 33.3 Å². The minimum absolute atomic E-state index is 0.156. The van der Waals surface area contributed by atoms with E-state index in [0.717, 1.165) is 0 Å². The summed E-state index contributed by atoms with van der Waals surface area (Å²) < 4.78 is 32.7. The number of morpholine rings is 1. The van der Waals surface area contributed by atoms with E-state index < -0.39 is 15.9 Å². The fourth-order valence-electron chi connectivity index (χ4n) is 2.79. The summed E-state index contributed by atoms with van der Waals surface area (Å²) in [4.78, 5) is 16.7. The van der Waals surface area contributed by atoms with Gasteiger partial charge in [0.2, 0.25) is 10.0 Å². The molecule has 0 bridgehead atoms. The molecule has 1 fully saturated rings. The Kier molecular flexibility index (Phi) is 6.11. The second kappa shape index (κ2) is 8.35. The van der Waals surface area contributed by atoms with Crippen molar-refractivity contribution in [3.63, 3.8) is 0 Å². The molecule has 144 valence electrons.